The molecule has 4 heteroatoms. The molecule has 0 saturated carbocycles. The zero-order valence-corrected chi connectivity index (χ0v) is 11.3. The number of aromatic hydroxyl groups is 1. The van der Waals surface area contributed by atoms with Crippen molar-refractivity contribution in [3.05, 3.63) is 40.8 Å². The van der Waals surface area contributed by atoms with Gasteiger partial charge in [-0.15, -0.1) is 4.91 Å². The van der Waals surface area contributed by atoms with Crippen molar-refractivity contribution < 1.29 is 5.11 Å². The molecule has 0 heterocycles. The standard InChI is InChI=1S/C15H18N2O2/c1-3-17(4-2)10-11-9-14(16-19)12-7-5-6-8-13(12)15(11)18/h5-9,18H,3-4,10H2,1-2H3. The molecule has 0 spiro atoms. The predicted octanol–water partition coefficient (Wildman–Crippen LogP) is 3.79. The number of fused-ring (bicyclic) bond motifs is 1. The molecule has 0 aliphatic rings. The fraction of sp³-hybridized carbons (Fsp3) is 0.333. The third-order valence-corrected chi connectivity index (χ3v) is 3.46. The molecule has 2 aromatic carbocycles. The van der Waals surface area contributed by atoms with Crippen LogP contribution in [0.3, 0.4) is 0 Å². The predicted molar refractivity (Wildman–Crippen MR) is 77.7 cm³/mol. The first kappa shape index (κ1) is 13.5. The van der Waals surface area contributed by atoms with Crippen molar-refractivity contribution in [3.63, 3.8) is 0 Å². The largest absolute Gasteiger partial charge is 0.507 e. The summed E-state index contributed by atoms with van der Waals surface area (Å²) >= 11 is 0. The zero-order chi connectivity index (χ0) is 13.8. The van der Waals surface area contributed by atoms with Gasteiger partial charge in [0.2, 0.25) is 0 Å². The van der Waals surface area contributed by atoms with Crippen LogP contribution in [-0.4, -0.2) is 23.1 Å². The molecular formula is C15H18N2O2. The van der Waals surface area contributed by atoms with Gasteiger partial charge in [0.1, 0.15) is 11.4 Å². The molecule has 0 unspecified atom stereocenters. The number of hydrogen-bond acceptors (Lipinski definition) is 4. The lowest BCUT2D eigenvalue weighted by Crippen LogP contribution is -2.22. The summed E-state index contributed by atoms with van der Waals surface area (Å²) in [6.07, 6.45) is 0. The molecule has 0 fully saturated rings. The second kappa shape index (κ2) is 5.80. The van der Waals surface area contributed by atoms with Crippen molar-refractivity contribution in [3.8, 4) is 5.75 Å². The summed E-state index contributed by atoms with van der Waals surface area (Å²) in [5, 5.41) is 14.8. The molecule has 100 valence electrons. The van der Waals surface area contributed by atoms with Crippen LogP contribution in [0.4, 0.5) is 5.69 Å². The lowest BCUT2D eigenvalue weighted by molar-refractivity contribution is 0.291. The number of benzene rings is 2. The Morgan fingerprint density at radius 2 is 1.79 bits per heavy atom. The van der Waals surface area contributed by atoms with Gasteiger partial charge in [-0.2, -0.15) is 0 Å². The third-order valence-electron chi connectivity index (χ3n) is 3.46. The van der Waals surface area contributed by atoms with Gasteiger partial charge >= 0.3 is 0 Å². The van der Waals surface area contributed by atoms with Gasteiger partial charge in [0, 0.05) is 22.9 Å². The van der Waals surface area contributed by atoms with Crippen LogP contribution in [0, 0.1) is 4.91 Å². The van der Waals surface area contributed by atoms with Crippen LogP contribution in [0.15, 0.2) is 35.5 Å². The van der Waals surface area contributed by atoms with E-state index in [0.717, 1.165) is 18.7 Å². The normalized spacial score (nSPS) is 11.1. The summed E-state index contributed by atoms with van der Waals surface area (Å²) in [7, 11) is 0. The Morgan fingerprint density at radius 3 is 2.37 bits per heavy atom. The second-order valence-electron chi connectivity index (χ2n) is 4.50. The minimum absolute atomic E-state index is 0.245. The monoisotopic (exact) mass is 258 g/mol. The van der Waals surface area contributed by atoms with E-state index in [2.05, 4.69) is 23.9 Å². The van der Waals surface area contributed by atoms with E-state index in [1.54, 1.807) is 12.1 Å². The molecule has 0 aromatic heterocycles. The topological polar surface area (TPSA) is 52.9 Å². The van der Waals surface area contributed by atoms with Gasteiger partial charge in [0.25, 0.3) is 0 Å². The van der Waals surface area contributed by atoms with Gasteiger partial charge < -0.3 is 5.11 Å². The molecule has 0 saturated heterocycles. The summed E-state index contributed by atoms with van der Waals surface area (Å²) in [5.41, 5.74) is 1.13. The zero-order valence-electron chi connectivity index (χ0n) is 11.3. The minimum Gasteiger partial charge on any atom is -0.507 e. The first-order valence-corrected chi connectivity index (χ1v) is 6.50. The third kappa shape index (κ3) is 2.58. The van der Waals surface area contributed by atoms with Gasteiger partial charge in [-0.25, -0.2) is 0 Å². The van der Waals surface area contributed by atoms with Crippen LogP contribution in [0.1, 0.15) is 19.4 Å². The SMILES string of the molecule is CCN(CC)Cc1cc(N=O)c2ccccc2c1O. The van der Waals surface area contributed by atoms with Gasteiger partial charge in [-0.3, -0.25) is 4.90 Å². The Labute approximate surface area is 112 Å². The van der Waals surface area contributed by atoms with Crippen LogP contribution < -0.4 is 0 Å². The molecule has 1 N–H and O–H groups in total. The fourth-order valence-corrected chi connectivity index (χ4v) is 2.28. The maximum atomic E-state index is 11.0. The maximum Gasteiger partial charge on any atom is 0.128 e. The van der Waals surface area contributed by atoms with Crippen LogP contribution in [-0.2, 0) is 6.54 Å². The van der Waals surface area contributed by atoms with E-state index in [0.29, 0.717) is 23.0 Å². The number of rotatable bonds is 5. The van der Waals surface area contributed by atoms with E-state index in [-0.39, 0.29) is 5.75 Å². The summed E-state index contributed by atoms with van der Waals surface area (Å²) in [6, 6.07) is 8.97. The minimum atomic E-state index is 0.245. The van der Waals surface area contributed by atoms with E-state index in [1.807, 2.05) is 18.2 Å². The molecule has 2 aromatic rings. The molecule has 0 atom stereocenters. The molecule has 0 amide bonds. The average Bonchev–Trinajstić information content (AvgIpc) is 2.47. The number of phenols is 1. The smallest absolute Gasteiger partial charge is 0.128 e. The highest BCUT2D eigenvalue weighted by Crippen LogP contribution is 2.36. The summed E-state index contributed by atoms with van der Waals surface area (Å²) in [6.45, 7) is 6.55. The van der Waals surface area contributed by atoms with E-state index < -0.39 is 0 Å². The Balaban J connectivity index is 2.56. The number of nitroso groups, excluding NO2 is 1. The van der Waals surface area contributed by atoms with Gasteiger partial charge in [0.15, 0.2) is 0 Å². The van der Waals surface area contributed by atoms with Crippen molar-refractivity contribution in [2.45, 2.75) is 20.4 Å². The van der Waals surface area contributed by atoms with Gasteiger partial charge in [0.05, 0.1) is 0 Å². The van der Waals surface area contributed by atoms with Crippen molar-refractivity contribution in [1.82, 2.24) is 4.90 Å². The van der Waals surface area contributed by atoms with Crippen LogP contribution >= 0.6 is 0 Å². The van der Waals surface area contributed by atoms with Crippen molar-refractivity contribution in [2.24, 2.45) is 5.18 Å². The highest BCUT2D eigenvalue weighted by molar-refractivity contribution is 5.97. The van der Waals surface area contributed by atoms with E-state index in [9.17, 15) is 10.0 Å². The molecule has 0 aliphatic carbocycles. The Hall–Kier alpha value is -1.94. The first-order valence-electron chi connectivity index (χ1n) is 6.50. The first-order chi connectivity index (χ1) is 9.21. The fourth-order valence-electron chi connectivity index (χ4n) is 2.28. The van der Waals surface area contributed by atoms with Crippen LogP contribution in [0.25, 0.3) is 10.8 Å². The Bertz CT molecular complexity index is 592. The molecular weight excluding hydrogens is 240 g/mol. The highest BCUT2D eigenvalue weighted by atomic mass is 16.3. The van der Waals surface area contributed by atoms with Crippen molar-refractivity contribution in [1.29, 1.82) is 0 Å². The molecule has 0 radical (unpaired) electrons. The highest BCUT2D eigenvalue weighted by Gasteiger charge is 2.13. The van der Waals surface area contributed by atoms with Crippen LogP contribution in [0.2, 0.25) is 0 Å². The van der Waals surface area contributed by atoms with Gasteiger partial charge in [-0.1, -0.05) is 38.1 Å². The lowest BCUT2D eigenvalue weighted by Gasteiger charge is -2.19. The van der Waals surface area contributed by atoms with E-state index in [4.69, 9.17) is 0 Å². The second-order valence-corrected chi connectivity index (χ2v) is 4.50. The molecule has 2 rings (SSSR count). The number of hydrogen-bond donors (Lipinski definition) is 1. The summed E-state index contributed by atoms with van der Waals surface area (Å²) < 4.78 is 0. The molecule has 0 bridgehead atoms. The van der Waals surface area contributed by atoms with E-state index in [1.165, 1.54) is 0 Å². The Morgan fingerprint density at radius 1 is 1.16 bits per heavy atom. The van der Waals surface area contributed by atoms with Gasteiger partial charge in [-0.05, 0) is 24.3 Å². The van der Waals surface area contributed by atoms with Crippen molar-refractivity contribution >= 4 is 16.5 Å². The number of nitrogens with zero attached hydrogens (tertiary/aromatic N) is 2. The van der Waals surface area contributed by atoms with Crippen LogP contribution in [0.5, 0.6) is 5.75 Å². The number of phenolic OH excluding ortho intramolecular Hbond substituents is 1. The molecule has 19 heavy (non-hydrogen) atoms. The van der Waals surface area contributed by atoms with E-state index >= 15 is 0 Å². The molecule has 0 aliphatic heterocycles. The molecule has 4 nitrogen and oxygen atoms in total. The average molecular weight is 258 g/mol. The quantitative estimate of drug-likeness (QED) is 0.830. The maximum absolute atomic E-state index is 11.0. The summed E-state index contributed by atoms with van der Waals surface area (Å²) in [4.78, 5) is 13.1. The lowest BCUT2D eigenvalue weighted by atomic mass is 10.0. The Kier molecular flexibility index (Phi) is 4.12. The summed E-state index contributed by atoms with van der Waals surface area (Å²) in [5.74, 6) is 0.245. The van der Waals surface area contributed by atoms with Crippen molar-refractivity contribution in [2.75, 3.05) is 13.1 Å².